The minimum atomic E-state index is -0.575. The highest BCUT2D eigenvalue weighted by molar-refractivity contribution is 6.36. The summed E-state index contributed by atoms with van der Waals surface area (Å²) in [5, 5.41) is 3.01. The van der Waals surface area contributed by atoms with Crippen molar-refractivity contribution >= 4 is 23.1 Å². The van der Waals surface area contributed by atoms with Gasteiger partial charge < -0.3 is 14.8 Å². The van der Waals surface area contributed by atoms with Gasteiger partial charge in [-0.2, -0.15) is 0 Å². The van der Waals surface area contributed by atoms with Gasteiger partial charge in [0.25, 0.3) is 11.8 Å². The molecular weight excluding hydrogens is 430 g/mol. The summed E-state index contributed by atoms with van der Waals surface area (Å²) in [4.78, 5) is 27.8. The van der Waals surface area contributed by atoms with Crippen molar-refractivity contribution in [3.8, 4) is 11.5 Å². The van der Waals surface area contributed by atoms with Gasteiger partial charge in [-0.3, -0.25) is 14.5 Å². The molecule has 0 saturated carbocycles. The van der Waals surface area contributed by atoms with Gasteiger partial charge in [-0.1, -0.05) is 24.3 Å². The molecule has 0 saturated heterocycles. The Morgan fingerprint density at radius 2 is 1.45 bits per heavy atom. The van der Waals surface area contributed by atoms with E-state index in [0.29, 0.717) is 28.3 Å². The van der Waals surface area contributed by atoms with Gasteiger partial charge in [-0.25, -0.2) is 8.78 Å². The Morgan fingerprint density at radius 1 is 0.818 bits per heavy atom. The number of hydrogen-bond donors (Lipinski definition) is 1. The molecule has 8 heteroatoms. The van der Waals surface area contributed by atoms with E-state index >= 15 is 0 Å². The molecule has 0 spiro atoms. The molecule has 6 nitrogen and oxygen atoms in total. The number of hydrogen-bond acceptors (Lipinski definition) is 5. The van der Waals surface area contributed by atoms with Gasteiger partial charge in [0.2, 0.25) is 0 Å². The third-order valence-electron chi connectivity index (χ3n) is 5.22. The normalized spacial score (nSPS) is 13.5. The first-order chi connectivity index (χ1) is 15.9. The van der Waals surface area contributed by atoms with E-state index in [4.69, 9.17) is 9.47 Å². The molecule has 3 aromatic rings. The first-order valence-electron chi connectivity index (χ1n) is 10.0. The van der Waals surface area contributed by atoms with Crippen LogP contribution in [-0.4, -0.2) is 30.9 Å². The lowest BCUT2D eigenvalue weighted by Crippen LogP contribution is -2.32. The van der Waals surface area contributed by atoms with Crippen LogP contribution in [0.15, 0.2) is 72.4 Å². The van der Waals surface area contributed by atoms with E-state index < -0.39 is 23.4 Å². The molecular formula is C25H20F2N2O4. The molecule has 168 valence electrons. The molecule has 0 atom stereocenters. The summed E-state index contributed by atoms with van der Waals surface area (Å²) in [6.45, 7) is -0.0525. The molecule has 3 aromatic carbocycles. The monoisotopic (exact) mass is 450 g/mol. The zero-order valence-electron chi connectivity index (χ0n) is 17.9. The summed E-state index contributed by atoms with van der Waals surface area (Å²) < 4.78 is 37.4. The lowest BCUT2D eigenvalue weighted by Gasteiger charge is -2.16. The van der Waals surface area contributed by atoms with Crippen LogP contribution >= 0.6 is 0 Å². The lowest BCUT2D eigenvalue weighted by molar-refractivity contribution is -0.137. The van der Waals surface area contributed by atoms with Crippen molar-refractivity contribution in [2.24, 2.45) is 0 Å². The Morgan fingerprint density at radius 3 is 2.06 bits per heavy atom. The number of nitrogens with one attached hydrogen (secondary N) is 1. The number of amides is 2. The number of halogens is 2. The maximum Gasteiger partial charge on any atom is 0.278 e. The van der Waals surface area contributed by atoms with E-state index in [1.54, 1.807) is 18.2 Å². The summed E-state index contributed by atoms with van der Waals surface area (Å²) in [5.41, 5.74) is 1.47. The van der Waals surface area contributed by atoms with Crippen LogP contribution in [0, 0.1) is 11.6 Å². The van der Waals surface area contributed by atoms with E-state index in [0.717, 1.165) is 4.90 Å². The van der Waals surface area contributed by atoms with Gasteiger partial charge in [-0.05, 0) is 47.5 Å². The fourth-order valence-corrected chi connectivity index (χ4v) is 3.54. The van der Waals surface area contributed by atoms with Crippen LogP contribution < -0.4 is 14.8 Å². The molecule has 0 aromatic heterocycles. The average molecular weight is 450 g/mol. The van der Waals surface area contributed by atoms with Gasteiger partial charge in [0.05, 0.1) is 32.0 Å². The Hall–Kier alpha value is -4.20. The highest BCUT2D eigenvalue weighted by atomic mass is 19.1. The molecule has 1 heterocycles. The van der Waals surface area contributed by atoms with Crippen LogP contribution in [0.25, 0.3) is 5.57 Å². The largest absolute Gasteiger partial charge is 0.497 e. The molecule has 0 bridgehead atoms. The quantitative estimate of drug-likeness (QED) is 0.542. The third-order valence-corrected chi connectivity index (χ3v) is 5.22. The van der Waals surface area contributed by atoms with Gasteiger partial charge in [0.15, 0.2) is 0 Å². The van der Waals surface area contributed by atoms with Crippen molar-refractivity contribution in [1.82, 2.24) is 4.90 Å². The Kier molecular flexibility index (Phi) is 6.08. The molecule has 1 N–H and O–H groups in total. The number of imide groups is 1. The van der Waals surface area contributed by atoms with Gasteiger partial charge >= 0.3 is 0 Å². The van der Waals surface area contributed by atoms with E-state index in [2.05, 4.69) is 5.32 Å². The van der Waals surface area contributed by atoms with E-state index in [9.17, 15) is 18.4 Å². The molecule has 0 radical (unpaired) electrons. The molecule has 1 aliphatic heterocycles. The summed E-state index contributed by atoms with van der Waals surface area (Å²) in [5.74, 6) is -1.08. The predicted octanol–water partition coefficient (Wildman–Crippen LogP) is 4.37. The van der Waals surface area contributed by atoms with Crippen LogP contribution in [0.4, 0.5) is 14.5 Å². The van der Waals surface area contributed by atoms with Crippen molar-refractivity contribution in [3.63, 3.8) is 0 Å². The number of anilines is 1. The second kappa shape index (κ2) is 9.12. The van der Waals surface area contributed by atoms with E-state index in [1.807, 2.05) is 0 Å². The standard InChI is InChI=1S/C25H20F2N2O4/c1-32-19-11-12-21(33-2)20(13-19)28-23-22(16-5-9-18(27)10-6-16)24(30)29(25(23)31)14-15-3-7-17(26)8-4-15/h3-13,28H,14H2,1-2H3. The molecule has 2 amide bonds. The zero-order valence-corrected chi connectivity index (χ0v) is 17.9. The molecule has 0 unspecified atom stereocenters. The predicted molar refractivity (Wildman–Crippen MR) is 118 cm³/mol. The SMILES string of the molecule is COc1ccc(OC)c(NC2=C(c3ccc(F)cc3)C(=O)N(Cc3ccc(F)cc3)C2=O)c1. The Bertz CT molecular complexity index is 1240. The fraction of sp³-hybridized carbons (Fsp3) is 0.120. The number of rotatable bonds is 7. The molecule has 33 heavy (non-hydrogen) atoms. The number of ether oxygens (including phenoxy) is 2. The Balaban J connectivity index is 1.77. The van der Waals surface area contributed by atoms with Crippen LogP contribution in [0.2, 0.25) is 0 Å². The number of carbonyl (C=O) groups is 2. The first kappa shape index (κ1) is 22.0. The maximum atomic E-state index is 13.5. The molecule has 1 aliphatic rings. The first-order valence-corrected chi connectivity index (χ1v) is 10.0. The minimum absolute atomic E-state index is 0.0141. The second-order valence-corrected chi connectivity index (χ2v) is 7.27. The number of benzene rings is 3. The fourth-order valence-electron chi connectivity index (χ4n) is 3.54. The zero-order chi connectivity index (χ0) is 23.5. The highest BCUT2D eigenvalue weighted by Crippen LogP contribution is 2.35. The number of methoxy groups -OCH3 is 2. The molecule has 4 rings (SSSR count). The second-order valence-electron chi connectivity index (χ2n) is 7.27. The summed E-state index contributed by atoms with van der Waals surface area (Å²) >= 11 is 0. The van der Waals surface area contributed by atoms with Crippen molar-refractivity contribution in [2.75, 3.05) is 19.5 Å². The highest BCUT2D eigenvalue weighted by Gasteiger charge is 2.39. The maximum absolute atomic E-state index is 13.5. The Labute approximate surface area is 189 Å². The van der Waals surface area contributed by atoms with Crippen LogP contribution in [-0.2, 0) is 16.1 Å². The molecule has 0 fully saturated rings. The number of nitrogens with zero attached hydrogens (tertiary/aromatic N) is 1. The van der Waals surface area contributed by atoms with Crippen molar-refractivity contribution in [3.05, 3.63) is 95.2 Å². The van der Waals surface area contributed by atoms with Gasteiger partial charge in [0, 0.05) is 6.07 Å². The van der Waals surface area contributed by atoms with E-state index in [-0.39, 0.29) is 17.8 Å². The van der Waals surface area contributed by atoms with Crippen molar-refractivity contribution < 1.29 is 27.8 Å². The topological polar surface area (TPSA) is 67.9 Å². The van der Waals surface area contributed by atoms with Crippen LogP contribution in [0.5, 0.6) is 11.5 Å². The summed E-state index contributed by atoms with van der Waals surface area (Å²) in [6.07, 6.45) is 0. The van der Waals surface area contributed by atoms with Crippen LogP contribution in [0.1, 0.15) is 11.1 Å². The molecule has 0 aliphatic carbocycles. The van der Waals surface area contributed by atoms with Crippen molar-refractivity contribution in [1.29, 1.82) is 0 Å². The summed E-state index contributed by atoms with van der Waals surface area (Å²) in [6, 6.07) is 15.8. The van der Waals surface area contributed by atoms with Crippen LogP contribution in [0.3, 0.4) is 0 Å². The third kappa shape index (κ3) is 4.41. The average Bonchev–Trinajstić information content (AvgIpc) is 3.05. The van der Waals surface area contributed by atoms with E-state index in [1.165, 1.54) is 62.8 Å². The van der Waals surface area contributed by atoms with Gasteiger partial charge in [-0.15, -0.1) is 0 Å². The summed E-state index contributed by atoms with van der Waals surface area (Å²) in [7, 11) is 2.98. The van der Waals surface area contributed by atoms with Gasteiger partial charge in [0.1, 0.15) is 28.8 Å². The van der Waals surface area contributed by atoms with Crippen molar-refractivity contribution in [2.45, 2.75) is 6.54 Å². The number of carbonyl (C=O) groups excluding carboxylic acids is 2. The lowest BCUT2D eigenvalue weighted by atomic mass is 10.0. The minimum Gasteiger partial charge on any atom is -0.497 e. The smallest absolute Gasteiger partial charge is 0.278 e.